The second kappa shape index (κ2) is 9.38. The van der Waals surface area contributed by atoms with Crippen LogP contribution in [0.2, 0.25) is 5.02 Å². The molecular weight excluding hydrogens is 454 g/mol. The van der Waals surface area contributed by atoms with Gasteiger partial charge in [-0.3, -0.25) is 9.59 Å². The molecule has 3 aromatic heterocycles. The third-order valence-corrected chi connectivity index (χ3v) is 6.36. The number of aryl methyl sites for hydroxylation is 1. The fraction of sp³-hybridized carbons (Fsp3) is 0.320. The van der Waals surface area contributed by atoms with Crippen LogP contribution in [0.3, 0.4) is 0 Å². The molecule has 5 rings (SSSR count). The molecule has 0 bridgehead atoms. The highest BCUT2D eigenvalue weighted by atomic mass is 35.5. The Balaban J connectivity index is 1.52. The average molecular weight is 478 g/mol. The molecule has 0 atom stereocenters. The van der Waals surface area contributed by atoms with Gasteiger partial charge in [-0.15, -0.1) is 0 Å². The first-order chi connectivity index (χ1) is 16.5. The van der Waals surface area contributed by atoms with Crippen molar-refractivity contribution < 1.29 is 9.32 Å². The number of fused-ring (bicyclic) bond motifs is 1. The SMILES string of the molecule is Cc1ccc2c(=O)c(-c3nc(-c4ccc(Cl)cc4)no3)cn(CC(=O)NC3CCCCC3)c2n1. The molecule has 1 saturated carbocycles. The number of hydrogen-bond donors (Lipinski definition) is 1. The minimum absolute atomic E-state index is 0.0366. The summed E-state index contributed by atoms with van der Waals surface area (Å²) in [7, 11) is 0. The molecule has 1 aliphatic carbocycles. The minimum atomic E-state index is -0.280. The largest absolute Gasteiger partial charge is 0.352 e. The summed E-state index contributed by atoms with van der Waals surface area (Å²) in [5, 5.41) is 8.13. The second-order valence-corrected chi connectivity index (χ2v) is 9.09. The molecule has 8 nitrogen and oxygen atoms in total. The number of hydrogen-bond acceptors (Lipinski definition) is 6. The van der Waals surface area contributed by atoms with E-state index in [1.54, 1.807) is 47.2 Å². The number of carbonyl (C=O) groups is 1. The Morgan fingerprint density at radius 1 is 1.12 bits per heavy atom. The molecule has 9 heteroatoms. The number of rotatable bonds is 5. The quantitative estimate of drug-likeness (QED) is 0.453. The van der Waals surface area contributed by atoms with Gasteiger partial charge in [0.25, 0.3) is 5.89 Å². The van der Waals surface area contributed by atoms with E-state index in [1.165, 1.54) is 6.42 Å². The predicted molar refractivity (Wildman–Crippen MR) is 129 cm³/mol. The van der Waals surface area contributed by atoms with E-state index in [0.717, 1.165) is 31.4 Å². The molecule has 34 heavy (non-hydrogen) atoms. The summed E-state index contributed by atoms with van der Waals surface area (Å²) in [6.45, 7) is 1.88. The highest BCUT2D eigenvalue weighted by molar-refractivity contribution is 6.30. The van der Waals surface area contributed by atoms with Crippen LogP contribution in [0.4, 0.5) is 0 Å². The van der Waals surface area contributed by atoms with Crippen molar-refractivity contribution in [2.75, 3.05) is 0 Å². The lowest BCUT2D eigenvalue weighted by Gasteiger charge is -2.23. The fourth-order valence-electron chi connectivity index (χ4n) is 4.36. The number of halogens is 1. The number of pyridine rings is 2. The van der Waals surface area contributed by atoms with Gasteiger partial charge in [0.15, 0.2) is 0 Å². The van der Waals surface area contributed by atoms with Crippen LogP contribution in [0.5, 0.6) is 0 Å². The molecule has 1 amide bonds. The van der Waals surface area contributed by atoms with Crippen molar-refractivity contribution in [1.29, 1.82) is 0 Å². The molecule has 4 aromatic rings. The zero-order valence-electron chi connectivity index (χ0n) is 18.8. The summed E-state index contributed by atoms with van der Waals surface area (Å²) in [4.78, 5) is 35.1. The molecule has 1 fully saturated rings. The highest BCUT2D eigenvalue weighted by Gasteiger charge is 2.20. The number of aromatic nitrogens is 4. The number of amides is 1. The van der Waals surface area contributed by atoms with Gasteiger partial charge in [0, 0.05) is 28.5 Å². The summed E-state index contributed by atoms with van der Waals surface area (Å²) in [6, 6.07) is 10.7. The molecule has 174 valence electrons. The van der Waals surface area contributed by atoms with E-state index in [2.05, 4.69) is 20.4 Å². The average Bonchev–Trinajstić information content (AvgIpc) is 3.32. The van der Waals surface area contributed by atoms with Crippen LogP contribution in [0, 0.1) is 6.92 Å². The van der Waals surface area contributed by atoms with E-state index >= 15 is 0 Å². The smallest absolute Gasteiger partial charge is 0.263 e. The second-order valence-electron chi connectivity index (χ2n) is 8.66. The van der Waals surface area contributed by atoms with Gasteiger partial charge in [-0.2, -0.15) is 4.98 Å². The standard InChI is InChI=1S/C25H24ClN5O3/c1-15-7-12-19-22(33)20(25-29-23(30-34-25)16-8-10-17(26)11-9-16)13-31(24(19)27-15)14-21(32)28-18-5-3-2-4-6-18/h7-13,18H,2-6,14H2,1H3,(H,28,32). The van der Waals surface area contributed by atoms with Gasteiger partial charge in [-0.05, 0) is 56.2 Å². The zero-order chi connectivity index (χ0) is 23.7. The van der Waals surface area contributed by atoms with Gasteiger partial charge < -0.3 is 14.4 Å². The van der Waals surface area contributed by atoms with Crippen molar-refractivity contribution in [1.82, 2.24) is 25.0 Å². The number of nitrogens with one attached hydrogen (secondary N) is 1. The van der Waals surface area contributed by atoms with Crippen LogP contribution >= 0.6 is 11.6 Å². The Kier molecular flexibility index (Phi) is 6.15. The normalized spacial score (nSPS) is 14.4. The monoisotopic (exact) mass is 477 g/mol. The highest BCUT2D eigenvalue weighted by Crippen LogP contribution is 2.24. The van der Waals surface area contributed by atoms with Crippen molar-refractivity contribution in [3.63, 3.8) is 0 Å². The van der Waals surface area contributed by atoms with Crippen molar-refractivity contribution in [3.05, 3.63) is 63.5 Å². The number of benzene rings is 1. The van der Waals surface area contributed by atoms with Crippen LogP contribution in [0.15, 0.2) is 51.9 Å². The maximum atomic E-state index is 13.3. The Morgan fingerprint density at radius 3 is 2.65 bits per heavy atom. The fourth-order valence-corrected chi connectivity index (χ4v) is 4.48. The molecular formula is C25H24ClN5O3. The van der Waals surface area contributed by atoms with E-state index in [9.17, 15) is 9.59 Å². The van der Waals surface area contributed by atoms with E-state index in [1.807, 2.05) is 6.92 Å². The van der Waals surface area contributed by atoms with Crippen LogP contribution in [0.1, 0.15) is 37.8 Å². The molecule has 0 unspecified atom stereocenters. The van der Waals surface area contributed by atoms with Crippen molar-refractivity contribution in [2.45, 2.75) is 51.6 Å². The molecule has 0 saturated heterocycles. The van der Waals surface area contributed by atoms with Gasteiger partial charge in [0.2, 0.25) is 17.2 Å². The zero-order valence-corrected chi connectivity index (χ0v) is 19.5. The summed E-state index contributed by atoms with van der Waals surface area (Å²) >= 11 is 5.96. The molecule has 0 radical (unpaired) electrons. The first kappa shape index (κ1) is 22.3. The third kappa shape index (κ3) is 4.59. The lowest BCUT2D eigenvalue weighted by molar-refractivity contribution is -0.122. The maximum Gasteiger partial charge on any atom is 0.263 e. The number of carbonyl (C=O) groups excluding carboxylic acids is 1. The van der Waals surface area contributed by atoms with Crippen LogP contribution < -0.4 is 10.7 Å². The van der Waals surface area contributed by atoms with Crippen molar-refractivity contribution in [2.24, 2.45) is 0 Å². The Labute approximate surface area is 201 Å². The van der Waals surface area contributed by atoms with E-state index in [-0.39, 0.29) is 35.4 Å². The first-order valence-electron chi connectivity index (χ1n) is 11.4. The predicted octanol–water partition coefficient (Wildman–Crippen LogP) is 4.52. The van der Waals surface area contributed by atoms with Gasteiger partial charge in [0.1, 0.15) is 17.8 Å². The Bertz CT molecular complexity index is 1400. The Morgan fingerprint density at radius 2 is 1.88 bits per heavy atom. The molecule has 1 N–H and O–H groups in total. The topological polar surface area (TPSA) is 103 Å². The van der Waals surface area contributed by atoms with Gasteiger partial charge in [0.05, 0.1) is 5.39 Å². The summed E-state index contributed by atoms with van der Waals surface area (Å²) in [5.74, 6) is 0.312. The third-order valence-electron chi connectivity index (χ3n) is 6.10. The van der Waals surface area contributed by atoms with Crippen molar-refractivity contribution in [3.8, 4) is 22.8 Å². The van der Waals surface area contributed by atoms with Gasteiger partial charge >= 0.3 is 0 Å². The maximum absolute atomic E-state index is 13.3. The van der Waals surface area contributed by atoms with Crippen molar-refractivity contribution >= 4 is 28.5 Å². The minimum Gasteiger partial charge on any atom is -0.352 e. The summed E-state index contributed by atoms with van der Waals surface area (Å²) < 4.78 is 7.13. The summed E-state index contributed by atoms with van der Waals surface area (Å²) in [6.07, 6.45) is 7.04. The van der Waals surface area contributed by atoms with Crippen LogP contribution in [0.25, 0.3) is 33.9 Å². The molecule has 0 aliphatic heterocycles. The van der Waals surface area contributed by atoms with E-state index in [4.69, 9.17) is 16.1 Å². The summed E-state index contributed by atoms with van der Waals surface area (Å²) in [5.41, 5.74) is 1.85. The van der Waals surface area contributed by atoms with Crippen LogP contribution in [-0.2, 0) is 11.3 Å². The van der Waals surface area contributed by atoms with Gasteiger partial charge in [-0.25, -0.2) is 4.98 Å². The molecule has 0 spiro atoms. The van der Waals surface area contributed by atoms with E-state index in [0.29, 0.717) is 27.4 Å². The number of nitrogens with zero attached hydrogens (tertiary/aromatic N) is 4. The molecule has 1 aromatic carbocycles. The van der Waals surface area contributed by atoms with E-state index < -0.39 is 0 Å². The Hall–Kier alpha value is -3.52. The molecule has 3 heterocycles. The lowest BCUT2D eigenvalue weighted by atomic mass is 9.95. The first-order valence-corrected chi connectivity index (χ1v) is 11.8. The lowest BCUT2D eigenvalue weighted by Crippen LogP contribution is -2.38. The van der Waals surface area contributed by atoms with Crippen LogP contribution in [-0.4, -0.2) is 31.6 Å². The molecule has 1 aliphatic rings. The van der Waals surface area contributed by atoms with Gasteiger partial charge in [-0.1, -0.05) is 36.0 Å².